The van der Waals surface area contributed by atoms with Crippen molar-refractivity contribution in [3.63, 3.8) is 0 Å². The third kappa shape index (κ3) is 3.03. The highest BCUT2D eigenvalue weighted by atomic mass is 32.1. The standard InChI is InChI=1S/C16H17N3O2S/c1-18(8-7-14(20)12-5-3-2-4-6-12)15(21)13-11-19-9-10-22-16(19)17-13/h2-6,9-11,14,20H,7-8H2,1H3/t14-/m1/s1. The Morgan fingerprint density at radius 1 is 1.41 bits per heavy atom. The zero-order chi connectivity index (χ0) is 15.5. The van der Waals surface area contributed by atoms with Gasteiger partial charge in [-0.3, -0.25) is 9.20 Å². The van der Waals surface area contributed by atoms with E-state index in [9.17, 15) is 9.90 Å². The van der Waals surface area contributed by atoms with Gasteiger partial charge in [-0.1, -0.05) is 30.3 Å². The molecule has 0 spiro atoms. The first-order valence-electron chi connectivity index (χ1n) is 7.06. The van der Waals surface area contributed by atoms with E-state index in [-0.39, 0.29) is 5.91 Å². The monoisotopic (exact) mass is 315 g/mol. The second kappa shape index (κ2) is 6.29. The molecule has 2 heterocycles. The van der Waals surface area contributed by atoms with Gasteiger partial charge in [0.25, 0.3) is 5.91 Å². The number of aliphatic hydroxyl groups excluding tert-OH is 1. The van der Waals surface area contributed by atoms with Crippen LogP contribution in [0.5, 0.6) is 0 Å². The van der Waals surface area contributed by atoms with Gasteiger partial charge in [0, 0.05) is 31.4 Å². The lowest BCUT2D eigenvalue weighted by molar-refractivity contribution is 0.0756. The first-order valence-corrected chi connectivity index (χ1v) is 7.94. The lowest BCUT2D eigenvalue weighted by Gasteiger charge is -2.18. The van der Waals surface area contributed by atoms with Crippen molar-refractivity contribution in [2.24, 2.45) is 0 Å². The summed E-state index contributed by atoms with van der Waals surface area (Å²) >= 11 is 1.49. The van der Waals surface area contributed by atoms with Crippen LogP contribution in [0.2, 0.25) is 0 Å². The van der Waals surface area contributed by atoms with E-state index in [0.29, 0.717) is 18.7 Å². The Bertz CT molecular complexity index is 737. The number of aliphatic hydroxyl groups is 1. The van der Waals surface area contributed by atoms with Crippen LogP contribution in [0, 0.1) is 0 Å². The molecular formula is C16H17N3O2S. The van der Waals surface area contributed by atoms with Gasteiger partial charge in [0.15, 0.2) is 4.96 Å². The summed E-state index contributed by atoms with van der Waals surface area (Å²) in [6.07, 6.45) is 3.54. The van der Waals surface area contributed by atoms with Crippen LogP contribution < -0.4 is 0 Å². The van der Waals surface area contributed by atoms with Gasteiger partial charge in [0.2, 0.25) is 0 Å². The Labute approximate surface area is 132 Å². The van der Waals surface area contributed by atoms with Crippen LogP contribution >= 0.6 is 11.3 Å². The Balaban J connectivity index is 1.60. The molecule has 0 aliphatic rings. The number of amides is 1. The van der Waals surface area contributed by atoms with Gasteiger partial charge in [-0.2, -0.15) is 0 Å². The normalized spacial score (nSPS) is 12.5. The van der Waals surface area contributed by atoms with Gasteiger partial charge in [0.05, 0.1) is 6.10 Å². The smallest absolute Gasteiger partial charge is 0.273 e. The lowest BCUT2D eigenvalue weighted by Crippen LogP contribution is -2.29. The lowest BCUT2D eigenvalue weighted by atomic mass is 10.1. The van der Waals surface area contributed by atoms with Crippen LogP contribution in [0.1, 0.15) is 28.6 Å². The van der Waals surface area contributed by atoms with Crippen molar-refractivity contribution in [2.75, 3.05) is 13.6 Å². The summed E-state index contributed by atoms with van der Waals surface area (Å²) in [5.41, 5.74) is 1.30. The van der Waals surface area contributed by atoms with Gasteiger partial charge < -0.3 is 10.0 Å². The molecule has 0 unspecified atom stereocenters. The predicted molar refractivity (Wildman–Crippen MR) is 86.0 cm³/mol. The summed E-state index contributed by atoms with van der Waals surface area (Å²) in [6.45, 7) is 0.472. The number of fused-ring (bicyclic) bond motifs is 1. The first kappa shape index (κ1) is 14.7. The Morgan fingerprint density at radius 2 is 2.18 bits per heavy atom. The number of nitrogens with zero attached hydrogens (tertiary/aromatic N) is 3. The van der Waals surface area contributed by atoms with E-state index in [4.69, 9.17) is 0 Å². The summed E-state index contributed by atoms with van der Waals surface area (Å²) in [4.78, 5) is 19.0. The van der Waals surface area contributed by atoms with Gasteiger partial charge in [-0.25, -0.2) is 4.98 Å². The molecule has 0 radical (unpaired) electrons. The molecule has 114 valence electrons. The van der Waals surface area contributed by atoms with Gasteiger partial charge in [0.1, 0.15) is 5.69 Å². The van der Waals surface area contributed by atoms with Gasteiger partial charge in [-0.15, -0.1) is 11.3 Å². The molecule has 0 saturated carbocycles. The molecule has 6 heteroatoms. The van der Waals surface area contributed by atoms with Crippen LogP contribution in [0.4, 0.5) is 0 Å². The predicted octanol–water partition coefficient (Wildman–Crippen LogP) is 2.59. The molecule has 0 aliphatic heterocycles. The van der Waals surface area contributed by atoms with Crippen LogP contribution in [0.15, 0.2) is 48.1 Å². The molecule has 1 atom stereocenters. The van der Waals surface area contributed by atoms with E-state index < -0.39 is 6.10 Å². The van der Waals surface area contributed by atoms with Crippen LogP contribution in [0.25, 0.3) is 4.96 Å². The molecule has 3 rings (SSSR count). The topological polar surface area (TPSA) is 57.8 Å². The summed E-state index contributed by atoms with van der Waals surface area (Å²) in [6, 6.07) is 9.47. The van der Waals surface area contributed by atoms with E-state index in [1.165, 1.54) is 11.3 Å². The maximum atomic E-state index is 12.3. The van der Waals surface area contributed by atoms with Gasteiger partial charge >= 0.3 is 0 Å². The van der Waals surface area contributed by atoms with E-state index in [2.05, 4.69) is 4.98 Å². The zero-order valence-electron chi connectivity index (χ0n) is 12.2. The van der Waals surface area contributed by atoms with Crippen molar-refractivity contribution >= 4 is 22.2 Å². The third-order valence-corrected chi connectivity index (χ3v) is 4.35. The third-order valence-electron chi connectivity index (χ3n) is 3.58. The second-order valence-corrected chi connectivity index (χ2v) is 6.03. The van der Waals surface area contributed by atoms with Crippen molar-refractivity contribution in [3.05, 3.63) is 59.4 Å². The fourth-order valence-electron chi connectivity index (χ4n) is 2.29. The van der Waals surface area contributed by atoms with Crippen LogP contribution in [-0.2, 0) is 0 Å². The van der Waals surface area contributed by atoms with Crippen molar-refractivity contribution < 1.29 is 9.90 Å². The molecule has 2 aromatic heterocycles. The minimum Gasteiger partial charge on any atom is -0.388 e. The molecule has 1 amide bonds. The number of aromatic nitrogens is 2. The maximum absolute atomic E-state index is 12.3. The summed E-state index contributed by atoms with van der Waals surface area (Å²) in [5.74, 6) is -0.129. The number of carbonyl (C=O) groups is 1. The molecule has 3 aromatic rings. The SMILES string of the molecule is CN(CC[C@@H](O)c1ccccc1)C(=O)c1cn2ccsc2n1. The number of hydrogen-bond acceptors (Lipinski definition) is 4. The van der Waals surface area contributed by atoms with Gasteiger partial charge in [-0.05, 0) is 12.0 Å². The molecule has 0 aliphatic carbocycles. The fraction of sp³-hybridized carbons (Fsp3) is 0.250. The molecule has 0 bridgehead atoms. The number of benzene rings is 1. The fourth-order valence-corrected chi connectivity index (χ4v) is 2.99. The van der Waals surface area contributed by atoms with Crippen LogP contribution in [-0.4, -0.2) is 38.9 Å². The number of hydrogen-bond donors (Lipinski definition) is 1. The van der Waals surface area contributed by atoms with Crippen molar-refractivity contribution in [3.8, 4) is 0 Å². The minimum atomic E-state index is -0.568. The van der Waals surface area contributed by atoms with E-state index in [1.807, 2.05) is 46.3 Å². The van der Waals surface area contributed by atoms with E-state index in [0.717, 1.165) is 10.5 Å². The number of rotatable bonds is 5. The molecular weight excluding hydrogens is 298 g/mol. The Kier molecular flexibility index (Phi) is 4.22. The van der Waals surface area contributed by atoms with Crippen molar-refractivity contribution in [1.82, 2.24) is 14.3 Å². The van der Waals surface area contributed by atoms with Crippen LogP contribution in [0.3, 0.4) is 0 Å². The largest absolute Gasteiger partial charge is 0.388 e. The summed E-state index contributed by atoms with van der Waals surface area (Å²) in [5, 5.41) is 12.1. The summed E-state index contributed by atoms with van der Waals surface area (Å²) < 4.78 is 1.84. The minimum absolute atomic E-state index is 0.129. The number of thiazole rings is 1. The molecule has 1 N–H and O–H groups in total. The summed E-state index contributed by atoms with van der Waals surface area (Å²) in [7, 11) is 1.73. The Morgan fingerprint density at radius 3 is 2.91 bits per heavy atom. The maximum Gasteiger partial charge on any atom is 0.273 e. The number of carbonyl (C=O) groups excluding carboxylic acids is 1. The molecule has 22 heavy (non-hydrogen) atoms. The highest BCUT2D eigenvalue weighted by Crippen LogP contribution is 2.17. The highest BCUT2D eigenvalue weighted by molar-refractivity contribution is 7.15. The van der Waals surface area contributed by atoms with E-state index >= 15 is 0 Å². The molecule has 0 fully saturated rings. The highest BCUT2D eigenvalue weighted by Gasteiger charge is 2.17. The Hall–Kier alpha value is -2.18. The average molecular weight is 315 g/mol. The average Bonchev–Trinajstić information content (AvgIpc) is 3.14. The number of imidazole rings is 1. The second-order valence-electron chi connectivity index (χ2n) is 5.16. The zero-order valence-corrected chi connectivity index (χ0v) is 13.0. The molecule has 1 aromatic carbocycles. The molecule has 0 saturated heterocycles. The molecule has 5 nitrogen and oxygen atoms in total. The van der Waals surface area contributed by atoms with Crippen molar-refractivity contribution in [1.29, 1.82) is 0 Å². The van der Waals surface area contributed by atoms with E-state index in [1.54, 1.807) is 18.1 Å². The van der Waals surface area contributed by atoms with Crippen molar-refractivity contribution in [2.45, 2.75) is 12.5 Å². The first-order chi connectivity index (χ1) is 10.6. The quantitative estimate of drug-likeness (QED) is 0.787.